The summed E-state index contributed by atoms with van der Waals surface area (Å²) in [6, 6.07) is 1.58. The monoisotopic (exact) mass is 285 g/mol. The predicted molar refractivity (Wildman–Crippen MR) is 76.1 cm³/mol. The minimum absolute atomic E-state index is 0.0298. The van der Waals surface area contributed by atoms with Gasteiger partial charge in [-0.05, 0) is 19.9 Å². The Labute approximate surface area is 116 Å². The second-order valence-electron chi connectivity index (χ2n) is 4.93. The quantitative estimate of drug-likeness (QED) is 0.860. The zero-order chi connectivity index (χ0) is 13.3. The summed E-state index contributed by atoms with van der Waals surface area (Å²) in [6.07, 6.45) is 1.48. The van der Waals surface area contributed by atoms with Crippen LogP contribution in [0.3, 0.4) is 0 Å². The average molecular weight is 286 g/mol. The molecule has 18 heavy (non-hydrogen) atoms. The number of pyridine rings is 1. The maximum atomic E-state index is 12.3. The van der Waals surface area contributed by atoms with Crippen LogP contribution in [0.5, 0.6) is 0 Å². The molecule has 0 aliphatic carbocycles. The lowest BCUT2D eigenvalue weighted by molar-refractivity contribution is 0.0747. The van der Waals surface area contributed by atoms with Crippen molar-refractivity contribution < 1.29 is 4.79 Å². The first kappa shape index (κ1) is 13.5. The number of nitrogens with zero attached hydrogens (tertiary/aromatic N) is 2. The molecule has 0 radical (unpaired) electrons. The molecule has 0 saturated carbocycles. The molecule has 1 aromatic heterocycles. The van der Waals surface area contributed by atoms with Gasteiger partial charge in [-0.3, -0.25) is 4.79 Å². The largest absolute Gasteiger partial charge is 0.382 e. The summed E-state index contributed by atoms with van der Waals surface area (Å²) < 4.78 is 0.0962. The molecule has 0 aromatic carbocycles. The lowest BCUT2D eigenvalue weighted by Gasteiger charge is -2.37. The molecule has 0 bridgehead atoms. The Balaban J connectivity index is 2.18. The Morgan fingerprint density at radius 3 is 2.94 bits per heavy atom. The van der Waals surface area contributed by atoms with E-state index in [9.17, 15) is 4.79 Å². The molecule has 1 aliphatic rings. The smallest absolute Gasteiger partial charge is 0.255 e. The number of carbonyl (C=O) groups is 1. The second-order valence-corrected chi connectivity index (χ2v) is 7.14. The molecule has 1 aromatic rings. The van der Waals surface area contributed by atoms with Gasteiger partial charge in [0, 0.05) is 29.8 Å². The SMILES string of the molecule is CC1(C)CN(C(=O)c2cnc(N)c(Cl)c2)CCS1. The third kappa shape index (κ3) is 2.90. The highest BCUT2D eigenvalue weighted by atomic mass is 35.5. The minimum atomic E-state index is -0.0298. The first-order valence-electron chi connectivity index (χ1n) is 5.73. The van der Waals surface area contributed by atoms with E-state index in [2.05, 4.69) is 18.8 Å². The van der Waals surface area contributed by atoms with Gasteiger partial charge in [0.15, 0.2) is 0 Å². The summed E-state index contributed by atoms with van der Waals surface area (Å²) in [7, 11) is 0. The summed E-state index contributed by atoms with van der Waals surface area (Å²) in [4.78, 5) is 18.1. The van der Waals surface area contributed by atoms with E-state index < -0.39 is 0 Å². The van der Waals surface area contributed by atoms with Crippen LogP contribution < -0.4 is 5.73 Å². The van der Waals surface area contributed by atoms with Crippen LogP contribution in [0.15, 0.2) is 12.3 Å². The fourth-order valence-corrected chi connectivity index (χ4v) is 3.22. The summed E-state index contributed by atoms with van der Waals surface area (Å²) in [6.45, 7) is 5.78. The third-order valence-corrected chi connectivity index (χ3v) is 4.43. The molecule has 1 saturated heterocycles. The van der Waals surface area contributed by atoms with Gasteiger partial charge >= 0.3 is 0 Å². The van der Waals surface area contributed by atoms with E-state index in [1.54, 1.807) is 6.07 Å². The number of rotatable bonds is 1. The number of hydrogen-bond donors (Lipinski definition) is 1. The average Bonchev–Trinajstić information content (AvgIpc) is 2.30. The van der Waals surface area contributed by atoms with E-state index in [4.69, 9.17) is 17.3 Å². The van der Waals surface area contributed by atoms with Crippen molar-refractivity contribution in [1.82, 2.24) is 9.88 Å². The molecule has 98 valence electrons. The lowest BCUT2D eigenvalue weighted by Crippen LogP contribution is -2.46. The van der Waals surface area contributed by atoms with Gasteiger partial charge in [-0.1, -0.05) is 11.6 Å². The Morgan fingerprint density at radius 2 is 2.33 bits per heavy atom. The highest BCUT2D eigenvalue weighted by Gasteiger charge is 2.30. The van der Waals surface area contributed by atoms with Crippen molar-refractivity contribution in [2.75, 3.05) is 24.6 Å². The van der Waals surface area contributed by atoms with Crippen molar-refractivity contribution in [2.45, 2.75) is 18.6 Å². The molecule has 0 unspecified atom stereocenters. The van der Waals surface area contributed by atoms with Crippen LogP contribution in [-0.2, 0) is 0 Å². The van der Waals surface area contributed by atoms with Crippen molar-refractivity contribution in [3.8, 4) is 0 Å². The molecule has 2 rings (SSSR count). The number of amides is 1. The Bertz CT molecular complexity index is 478. The molecule has 0 spiro atoms. The standard InChI is InChI=1S/C12H16ClN3OS/c1-12(2)7-16(3-4-18-12)11(17)8-5-9(13)10(14)15-6-8/h5-6H,3-4,7H2,1-2H3,(H2,14,15). The molecule has 2 N–H and O–H groups in total. The molecular weight excluding hydrogens is 270 g/mol. The Morgan fingerprint density at radius 1 is 1.61 bits per heavy atom. The molecule has 1 amide bonds. The number of hydrogen-bond acceptors (Lipinski definition) is 4. The molecule has 0 atom stereocenters. The Kier molecular flexibility index (Phi) is 3.73. The number of anilines is 1. The normalized spacial score (nSPS) is 18.7. The van der Waals surface area contributed by atoms with E-state index in [1.165, 1.54) is 6.20 Å². The van der Waals surface area contributed by atoms with Crippen LogP contribution in [-0.4, -0.2) is 39.4 Å². The van der Waals surface area contributed by atoms with E-state index in [-0.39, 0.29) is 16.5 Å². The lowest BCUT2D eigenvalue weighted by atomic mass is 10.1. The highest BCUT2D eigenvalue weighted by molar-refractivity contribution is 8.00. The van der Waals surface area contributed by atoms with E-state index >= 15 is 0 Å². The molecular formula is C12H16ClN3OS. The summed E-state index contributed by atoms with van der Waals surface area (Å²) in [5.41, 5.74) is 6.04. The molecule has 4 nitrogen and oxygen atoms in total. The van der Waals surface area contributed by atoms with E-state index in [0.29, 0.717) is 10.6 Å². The topological polar surface area (TPSA) is 59.2 Å². The van der Waals surface area contributed by atoms with Gasteiger partial charge in [0.2, 0.25) is 0 Å². The highest BCUT2D eigenvalue weighted by Crippen LogP contribution is 2.30. The van der Waals surface area contributed by atoms with Crippen LogP contribution in [0.2, 0.25) is 5.02 Å². The second kappa shape index (κ2) is 4.97. The van der Waals surface area contributed by atoms with Crippen LogP contribution in [0, 0.1) is 0 Å². The summed E-state index contributed by atoms with van der Waals surface area (Å²) >= 11 is 7.78. The zero-order valence-corrected chi connectivity index (χ0v) is 12.0. The van der Waals surface area contributed by atoms with Gasteiger partial charge in [0.25, 0.3) is 5.91 Å². The summed E-state index contributed by atoms with van der Waals surface area (Å²) in [5, 5.41) is 0.325. The van der Waals surface area contributed by atoms with Crippen molar-refractivity contribution in [3.05, 3.63) is 22.8 Å². The molecule has 6 heteroatoms. The molecule has 1 fully saturated rings. The van der Waals surface area contributed by atoms with Crippen molar-refractivity contribution in [1.29, 1.82) is 0 Å². The first-order valence-corrected chi connectivity index (χ1v) is 7.10. The van der Waals surface area contributed by atoms with Crippen LogP contribution >= 0.6 is 23.4 Å². The fraction of sp³-hybridized carbons (Fsp3) is 0.500. The van der Waals surface area contributed by atoms with Crippen molar-refractivity contribution in [3.63, 3.8) is 0 Å². The number of carbonyl (C=O) groups excluding carboxylic acids is 1. The predicted octanol–water partition coefficient (Wildman–Crippen LogP) is 2.28. The maximum Gasteiger partial charge on any atom is 0.255 e. The van der Waals surface area contributed by atoms with Crippen molar-refractivity contribution >= 4 is 35.1 Å². The van der Waals surface area contributed by atoms with Crippen molar-refractivity contribution in [2.24, 2.45) is 0 Å². The van der Waals surface area contributed by atoms with E-state index in [0.717, 1.165) is 18.8 Å². The number of aromatic nitrogens is 1. The van der Waals surface area contributed by atoms with Gasteiger partial charge < -0.3 is 10.6 Å². The van der Waals surface area contributed by atoms with E-state index in [1.807, 2.05) is 16.7 Å². The molecule has 1 aliphatic heterocycles. The third-order valence-electron chi connectivity index (χ3n) is 2.83. The van der Waals surface area contributed by atoms with Gasteiger partial charge in [0.1, 0.15) is 5.82 Å². The number of nitrogens with two attached hydrogens (primary N) is 1. The summed E-state index contributed by atoms with van der Waals surface area (Å²) in [5.74, 6) is 1.18. The number of thioether (sulfide) groups is 1. The Hall–Kier alpha value is -0.940. The van der Waals surface area contributed by atoms with Crippen LogP contribution in [0.25, 0.3) is 0 Å². The van der Waals surface area contributed by atoms with Gasteiger partial charge in [-0.2, -0.15) is 11.8 Å². The number of nitrogen functional groups attached to an aromatic ring is 1. The van der Waals surface area contributed by atoms with Gasteiger partial charge in [0.05, 0.1) is 10.6 Å². The number of halogens is 1. The van der Waals surface area contributed by atoms with Gasteiger partial charge in [-0.15, -0.1) is 0 Å². The van der Waals surface area contributed by atoms with Gasteiger partial charge in [-0.25, -0.2) is 4.98 Å². The van der Waals surface area contributed by atoms with Crippen LogP contribution in [0.4, 0.5) is 5.82 Å². The first-order chi connectivity index (χ1) is 8.39. The zero-order valence-electron chi connectivity index (χ0n) is 10.4. The fourth-order valence-electron chi connectivity index (χ4n) is 1.94. The maximum absolute atomic E-state index is 12.3. The molecule has 2 heterocycles. The minimum Gasteiger partial charge on any atom is -0.382 e. The van der Waals surface area contributed by atoms with Crippen LogP contribution in [0.1, 0.15) is 24.2 Å².